The minimum absolute atomic E-state index is 0.217. The summed E-state index contributed by atoms with van der Waals surface area (Å²) < 4.78 is 3.66. The number of benzene rings is 1. The van der Waals surface area contributed by atoms with Gasteiger partial charge in [0.05, 0.1) is 0 Å². The Morgan fingerprint density at radius 1 is 1.21 bits per heavy atom. The number of aromatic nitrogens is 1. The van der Waals surface area contributed by atoms with Crippen LogP contribution in [0, 0.1) is 0 Å². The maximum Gasteiger partial charge on any atom is 0.0459 e. The lowest BCUT2D eigenvalue weighted by molar-refractivity contribution is 0.560. The molecule has 96 valence electrons. The van der Waals surface area contributed by atoms with Crippen molar-refractivity contribution in [2.24, 2.45) is 5.73 Å². The number of rotatable bonds is 1. The molecular weight excluding hydrogens is 252 g/mol. The number of nitrogens with zero attached hydrogens (tertiary/aromatic N) is 1. The number of hydrogen-bond donors (Lipinski definition) is 1. The van der Waals surface area contributed by atoms with Crippen LogP contribution >= 0.6 is 11.3 Å². The Bertz CT molecular complexity index is 738. The van der Waals surface area contributed by atoms with Crippen molar-refractivity contribution in [1.29, 1.82) is 0 Å². The van der Waals surface area contributed by atoms with Gasteiger partial charge in [0.15, 0.2) is 0 Å². The van der Waals surface area contributed by atoms with Crippen LogP contribution in [0.2, 0.25) is 0 Å². The van der Waals surface area contributed by atoms with Crippen molar-refractivity contribution in [2.45, 2.75) is 25.3 Å². The first kappa shape index (κ1) is 11.3. The van der Waals surface area contributed by atoms with Gasteiger partial charge in [0.1, 0.15) is 0 Å². The number of thiophene rings is 1. The fourth-order valence-corrected chi connectivity index (χ4v) is 3.84. The van der Waals surface area contributed by atoms with E-state index in [1.807, 2.05) is 0 Å². The van der Waals surface area contributed by atoms with Crippen molar-refractivity contribution in [1.82, 2.24) is 4.57 Å². The zero-order chi connectivity index (χ0) is 12.8. The first-order valence-corrected chi connectivity index (χ1v) is 7.64. The molecule has 1 aromatic carbocycles. The van der Waals surface area contributed by atoms with Crippen molar-refractivity contribution < 1.29 is 0 Å². The van der Waals surface area contributed by atoms with Crippen LogP contribution in [0.15, 0.2) is 41.9 Å². The molecule has 0 spiro atoms. The van der Waals surface area contributed by atoms with E-state index >= 15 is 0 Å². The summed E-state index contributed by atoms with van der Waals surface area (Å²) in [6.45, 7) is 0. The van der Waals surface area contributed by atoms with Gasteiger partial charge in [0.25, 0.3) is 0 Å². The molecule has 2 N–H and O–H groups in total. The fraction of sp³-hybridized carbons (Fsp3) is 0.250. The average Bonchev–Trinajstić information content (AvgIpc) is 3.04. The van der Waals surface area contributed by atoms with E-state index in [-0.39, 0.29) is 6.04 Å². The highest BCUT2D eigenvalue weighted by atomic mass is 32.1. The van der Waals surface area contributed by atoms with Gasteiger partial charge in [0, 0.05) is 28.3 Å². The van der Waals surface area contributed by atoms with Crippen LogP contribution in [-0.4, -0.2) is 4.57 Å². The van der Waals surface area contributed by atoms with Gasteiger partial charge in [-0.1, -0.05) is 0 Å². The molecule has 0 radical (unpaired) electrons. The Morgan fingerprint density at radius 2 is 2.16 bits per heavy atom. The summed E-state index contributed by atoms with van der Waals surface area (Å²) in [4.78, 5) is 0. The zero-order valence-corrected chi connectivity index (χ0v) is 11.5. The highest BCUT2D eigenvalue weighted by Crippen LogP contribution is 2.32. The summed E-state index contributed by atoms with van der Waals surface area (Å²) in [6, 6.07) is 11.3. The molecule has 2 heterocycles. The lowest BCUT2D eigenvalue weighted by Crippen LogP contribution is -2.17. The molecule has 1 aliphatic rings. The number of fused-ring (bicyclic) bond motifs is 2. The summed E-state index contributed by atoms with van der Waals surface area (Å²) in [7, 11) is 0. The lowest BCUT2D eigenvalue weighted by Gasteiger charge is -2.21. The maximum atomic E-state index is 6.20. The molecule has 2 aromatic heterocycles. The Balaban J connectivity index is 1.87. The molecule has 19 heavy (non-hydrogen) atoms. The highest BCUT2D eigenvalue weighted by Gasteiger charge is 2.20. The molecule has 0 fully saturated rings. The summed E-state index contributed by atoms with van der Waals surface area (Å²) >= 11 is 1.79. The first-order valence-electron chi connectivity index (χ1n) is 6.76. The van der Waals surface area contributed by atoms with Crippen LogP contribution < -0.4 is 5.73 Å². The van der Waals surface area contributed by atoms with Gasteiger partial charge >= 0.3 is 0 Å². The minimum atomic E-state index is 0.217. The van der Waals surface area contributed by atoms with Crippen LogP contribution in [0.4, 0.5) is 0 Å². The van der Waals surface area contributed by atoms with Gasteiger partial charge in [0.2, 0.25) is 0 Å². The van der Waals surface area contributed by atoms with E-state index in [1.165, 1.54) is 33.5 Å². The largest absolute Gasteiger partial charge is 0.324 e. The highest BCUT2D eigenvalue weighted by molar-refractivity contribution is 7.17. The van der Waals surface area contributed by atoms with E-state index in [0.717, 1.165) is 12.8 Å². The van der Waals surface area contributed by atoms with Crippen molar-refractivity contribution in [3.8, 4) is 5.69 Å². The topological polar surface area (TPSA) is 30.9 Å². The summed E-state index contributed by atoms with van der Waals surface area (Å²) in [6.07, 6.45) is 5.61. The minimum Gasteiger partial charge on any atom is -0.324 e. The van der Waals surface area contributed by atoms with Crippen molar-refractivity contribution in [3.05, 3.63) is 53.2 Å². The number of nitrogens with two attached hydrogens (primary N) is 1. The predicted octanol–water partition coefficient (Wildman–Crippen LogP) is 4.03. The third-order valence-corrected chi connectivity index (χ3v) is 4.97. The molecule has 1 unspecified atom stereocenters. The summed E-state index contributed by atoms with van der Waals surface area (Å²) in [5.41, 5.74) is 10.2. The average molecular weight is 268 g/mol. The van der Waals surface area contributed by atoms with Crippen LogP contribution in [0.1, 0.15) is 30.1 Å². The van der Waals surface area contributed by atoms with Gasteiger partial charge in [-0.3, -0.25) is 0 Å². The lowest BCUT2D eigenvalue weighted by atomic mass is 9.93. The van der Waals surface area contributed by atoms with Crippen LogP contribution in [0.3, 0.4) is 0 Å². The fourth-order valence-electron chi connectivity index (χ4n) is 3.07. The van der Waals surface area contributed by atoms with Crippen molar-refractivity contribution >= 4 is 21.4 Å². The Hall–Kier alpha value is -1.58. The van der Waals surface area contributed by atoms with Gasteiger partial charge in [-0.05, 0) is 65.9 Å². The Morgan fingerprint density at radius 3 is 3.11 bits per heavy atom. The molecule has 1 atom stereocenters. The standard InChI is InChI=1S/C16H16N2S/c17-14-2-1-3-15-13(14)6-8-18(15)12-4-5-16-11(10-12)7-9-19-16/h4-10,14H,1-3,17H2. The maximum absolute atomic E-state index is 6.20. The second kappa shape index (κ2) is 4.22. The van der Waals surface area contributed by atoms with Crippen molar-refractivity contribution in [2.75, 3.05) is 0 Å². The third-order valence-electron chi connectivity index (χ3n) is 4.07. The van der Waals surface area contributed by atoms with Gasteiger partial charge in [-0.15, -0.1) is 11.3 Å². The monoisotopic (exact) mass is 268 g/mol. The molecular formula is C16H16N2S. The van der Waals surface area contributed by atoms with E-state index in [0.29, 0.717) is 0 Å². The van der Waals surface area contributed by atoms with Gasteiger partial charge in [-0.25, -0.2) is 0 Å². The van der Waals surface area contributed by atoms with Crippen LogP contribution in [0.25, 0.3) is 15.8 Å². The molecule has 4 rings (SSSR count). The molecule has 1 aliphatic carbocycles. The van der Waals surface area contributed by atoms with Gasteiger partial charge < -0.3 is 10.3 Å². The number of hydrogen-bond acceptors (Lipinski definition) is 2. The predicted molar refractivity (Wildman–Crippen MR) is 81.0 cm³/mol. The zero-order valence-electron chi connectivity index (χ0n) is 10.7. The van der Waals surface area contributed by atoms with E-state index in [4.69, 9.17) is 5.73 Å². The quantitative estimate of drug-likeness (QED) is 0.710. The smallest absolute Gasteiger partial charge is 0.0459 e. The molecule has 0 amide bonds. The van der Waals surface area contributed by atoms with E-state index < -0.39 is 0 Å². The molecule has 0 aliphatic heterocycles. The third kappa shape index (κ3) is 1.73. The van der Waals surface area contributed by atoms with Crippen LogP contribution in [-0.2, 0) is 6.42 Å². The Labute approximate surface area is 116 Å². The molecule has 0 saturated heterocycles. The second-order valence-electron chi connectivity index (χ2n) is 5.23. The van der Waals surface area contributed by atoms with Crippen LogP contribution in [0.5, 0.6) is 0 Å². The summed E-state index contributed by atoms with van der Waals surface area (Å²) in [5, 5.41) is 3.47. The normalized spacial score (nSPS) is 18.7. The molecule has 2 nitrogen and oxygen atoms in total. The first-order chi connectivity index (χ1) is 9.33. The SMILES string of the molecule is NC1CCCc2c1ccn2-c1ccc2sccc2c1. The van der Waals surface area contributed by atoms with E-state index in [9.17, 15) is 0 Å². The van der Waals surface area contributed by atoms with E-state index in [1.54, 1.807) is 11.3 Å². The van der Waals surface area contributed by atoms with Crippen molar-refractivity contribution in [3.63, 3.8) is 0 Å². The molecule has 3 aromatic rings. The van der Waals surface area contributed by atoms with E-state index in [2.05, 4.69) is 46.5 Å². The molecule has 3 heteroatoms. The van der Waals surface area contributed by atoms with Gasteiger partial charge in [-0.2, -0.15) is 0 Å². The summed E-state index contributed by atoms with van der Waals surface area (Å²) in [5.74, 6) is 0. The molecule has 0 saturated carbocycles. The molecule has 0 bridgehead atoms. The second-order valence-corrected chi connectivity index (χ2v) is 6.18. The Kier molecular flexibility index (Phi) is 2.50.